The second-order valence-corrected chi connectivity index (χ2v) is 6.63. The molecule has 4 nitrogen and oxygen atoms in total. The lowest BCUT2D eigenvalue weighted by Crippen LogP contribution is -2.42. The Bertz CT molecular complexity index is 531. The molecule has 0 aromatic heterocycles. The van der Waals surface area contributed by atoms with Gasteiger partial charge in [-0.15, -0.1) is 0 Å². The molecule has 4 atom stereocenters. The van der Waals surface area contributed by atoms with Crippen LogP contribution in [0.4, 0.5) is 0 Å². The molecule has 0 radical (unpaired) electrons. The van der Waals surface area contributed by atoms with Crippen LogP contribution in [0.5, 0.6) is 11.5 Å². The summed E-state index contributed by atoms with van der Waals surface area (Å²) in [5.41, 5.74) is 0. The van der Waals surface area contributed by atoms with Crippen LogP contribution in [0.15, 0.2) is 24.3 Å². The van der Waals surface area contributed by atoms with Crippen LogP contribution >= 0.6 is 0 Å². The molecule has 2 bridgehead atoms. The average molecular weight is 303 g/mol. The maximum absolute atomic E-state index is 12.1. The first kappa shape index (κ1) is 15.2. The Kier molecular flexibility index (Phi) is 4.55. The van der Waals surface area contributed by atoms with Crippen LogP contribution in [0.1, 0.15) is 32.6 Å². The van der Waals surface area contributed by atoms with Gasteiger partial charge < -0.3 is 14.8 Å². The molecule has 22 heavy (non-hydrogen) atoms. The summed E-state index contributed by atoms with van der Waals surface area (Å²) in [5.74, 6) is 3.56. The molecule has 0 saturated heterocycles. The standard InChI is InChI=1S/C18H25NO3/c1-12(15-10-13-7-8-14(15)9-13)19-18(20)11-22-17-6-4-3-5-16(17)21-2/h3-6,12-15H,7-11H2,1-2H3,(H,19,20). The zero-order valence-corrected chi connectivity index (χ0v) is 13.4. The molecule has 0 aliphatic heterocycles. The Balaban J connectivity index is 1.48. The number of nitrogens with one attached hydrogen (secondary N) is 1. The fourth-order valence-electron chi connectivity index (χ4n) is 4.19. The number of ether oxygens (including phenoxy) is 2. The molecule has 2 aliphatic rings. The number of para-hydroxylation sites is 2. The van der Waals surface area contributed by atoms with Gasteiger partial charge in [0.25, 0.3) is 5.91 Å². The number of amides is 1. The highest BCUT2D eigenvalue weighted by atomic mass is 16.5. The number of hydrogen-bond donors (Lipinski definition) is 1. The molecule has 2 fully saturated rings. The third kappa shape index (κ3) is 3.21. The molecule has 120 valence electrons. The van der Waals surface area contributed by atoms with Gasteiger partial charge in [0.05, 0.1) is 7.11 Å². The minimum Gasteiger partial charge on any atom is -0.493 e. The van der Waals surface area contributed by atoms with Crippen molar-refractivity contribution < 1.29 is 14.3 Å². The topological polar surface area (TPSA) is 47.6 Å². The summed E-state index contributed by atoms with van der Waals surface area (Å²) in [6.45, 7) is 2.16. The molecular formula is C18H25NO3. The first-order valence-corrected chi connectivity index (χ1v) is 8.22. The van der Waals surface area contributed by atoms with E-state index in [1.807, 2.05) is 24.3 Å². The second kappa shape index (κ2) is 6.59. The zero-order chi connectivity index (χ0) is 15.5. The molecule has 1 aromatic rings. The Morgan fingerprint density at radius 3 is 2.68 bits per heavy atom. The minimum absolute atomic E-state index is 0.0333. The number of methoxy groups -OCH3 is 1. The first-order chi connectivity index (χ1) is 10.7. The van der Waals surface area contributed by atoms with E-state index in [1.165, 1.54) is 25.7 Å². The van der Waals surface area contributed by atoms with Gasteiger partial charge in [-0.3, -0.25) is 4.79 Å². The largest absolute Gasteiger partial charge is 0.493 e. The van der Waals surface area contributed by atoms with Crippen LogP contribution in [0.3, 0.4) is 0 Å². The van der Waals surface area contributed by atoms with Gasteiger partial charge in [-0.25, -0.2) is 0 Å². The van der Waals surface area contributed by atoms with Gasteiger partial charge in [0.2, 0.25) is 0 Å². The van der Waals surface area contributed by atoms with Crippen LogP contribution in [0.2, 0.25) is 0 Å². The highest BCUT2D eigenvalue weighted by Crippen LogP contribution is 2.49. The van der Waals surface area contributed by atoms with Gasteiger partial charge in [0.15, 0.2) is 18.1 Å². The van der Waals surface area contributed by atoms with Gasteiger partial charge in [-0.05, 0) is 56.1 Å². The van der Waals surface area contributed by atoms with Gasteiger partial charge in [0.1, 0.15) is 0 Å². The predicted octanol–water partition coefficient (Wildman–Crippen LogP) is 3.01. The van der Waals surface area contributed by atoms with E-state index in [1.54, 1.807) is 7.11 Å². The maximum Gasteiger partial charge on any atom is 0.258 e. The molecular weight excluding hydrogens is 278 g/mol. The molecule has 2 saturated carbocycles. The lowest BCUT2D eigenvalue weighted by molar-refractivity contribution is -0.124. The molecule has 1 aromatic carbocycles. The van der Waals surface area contributed by atoms with E-state index < -0.39 is 0 Å². The van der Waals surface area contributed by atoms with Crippen molar-refractivity contribution in [3.63, 3.8) is 0 Å². The highest BCUT2D eigenvalue weighted by Gasteiger charge is 2.42. The van der Waals surface area contributed by atoms with E-state index in [4.69, 9.17) is 9.47 Å². The molecule has 0 heterocycles. The van der Waals surface area contributed by atoms with Crippen molar-refractivity contribution in [2.45, 2.75) is 38.6 Å². The Hall–Kier alpha value is -1.71. The predicted molar refractivity (Wildman–Crippen MR) is 85.0 cm³/mol. The molecule has 2 aliphatic carbocycles. The van der Waals surface area contributed by atoms with Crippen molar-refractivity contribution in [2.75, 3.05) is 13.7 Å². The monoisotopic (exact) mass is 303 g/mol. The SMILES string of the molecule is COc1ccccc1OCC(=O)NC(C)C1CC2CCC1C2. The van der Waals surface area contributed by atoms with Crippen LogP contribution in [-0.4, -0.2) is 25.7 Å². The average Bonchev–Trinajstić information content (AvgIpc) is 3.16. The number of fused-ring (bicyclic) bond motifs is 2. The lowest BCUT2D eigenvalue weighted by atomic mass is 9.84. The van der Waals surface area contributed by atoms with Crippen molar-refractivity contribution >= 4 is 5.91 Å². The molecule has 4 unspecified atom stereocenters. The summed E-state index contributed by atoms with van der Waals surface area (Å²) in [4.78, 5) is 12.1. The fourth-order valence-corrected chi connectivity index (χ4v) is 4.19. The highest BCUT2D eigenvalue weighted by molar-refractivity contribution is 5.77. The second-order valence-electron chi connectivity index (χ2n) is 6.63. The Labute approximate surface area is 132 Å². The van der Waals surface area contributed by atoms with E-state index in [9.17, 15) is 4.79 Å². The summed E-state index contributed by atoms with van der Waals surface area (Å²) in [6.07, 6.45) is 5.37. The van der Waals surface area contributed by atoms with E-state index in [0.717, 1.165) is 11.8 Å². The van der Waals surface area contributed by atoms with Gasteiger partial charge in [-0.1, -0.05) is 18.6 Å². The molecule has 4 heteroatoms. The number of rotatable bonds is 6. The summed E-state index contributed by atoms with van der Waals surface area (Å²) < 4.78 is 10.8. The summed E-state index contributed by atoms with van der Waals surface area (Å²) in [5, 5.41) is 3.11. The Morgan fingerprint density at radius 1 is 1.27 bits per heavy atom. The molecule has 1 amide bonds. The van der Waals surface area contributed by atoms with Crippen LogP contribution in [0, 0.1) is 17.8 Å². The summed E-state index contributed by atoms with van der Waals surface area (Å²) in [6, 6.07) is 7.62. The third-order valence-corrected chi connectivity index (χ3v) is 5.25. The van der Waals surface area contributed by atoms with Crippen LogP contribution in [-0.2, 0) is 4.79 Å². The third-order valence-electron chi connectivity index (χ3n) is 5.25. The quantitative estimate of drug-likeness (QED) is 0.879. The van der Waals surface area contributed by atoms with Gasteiger partial charge in [0, 0.05) is 6.04 Å². The summed E-state index contributed by atoms with van der Waals surface area (Å²) in [7, 11) is 1.60. The number of hydrogen-bond acceptors (Lipinski definition) is 3. The van der Waals surface area contributed by atoms with Crippen LogP contribution in [0.25, 0.3) is 0 Å². The fraction of sp³-hybridized carbons (Fsp3) is 0.611. The van der Waals surface area contributed by atoms with E-state index in [2.05, 4.69) is 12.2 Å². The van der Waals surface area contributed by atoms with E-state index in [-0.39, 0.29) is 18.6 Å². The number of carbonyl (C=O) groups is 1. The maximum atomic E-state index is 12.1. The van der Waals surface area contributed by atoms with Gasteiger partial charge >= 0.3 is 0 Å². The van der Waals surface area contributed by atoms with Crippen molar-refractivity contribution in [1.29, 1.82) is 0 Å². The van der Waals surface area contributed by atoms with Crippen molar-refractivity contribution in [3.05, 3.63) is 24.3 Å². The smallest absolute Gasteiger partial charge is 0.258 e. The minimum atomic E-state index is -0.0545. The zero-order valence-electron chi connectivity index (χ0n) is 13.4. The summed E-state index contributed by atoms with van der Waals surface area (Å²) >= 11 is 0. The van der Waals surface area contributed by atoms with Crippen LogP contribution < -0.4 is 14.8 Å². The molecule has 1 N–H and O–H groups in total. The molecule has 3 rings (SSSR count). The number of benzene rings is 1. The van der Waals surface area contributed by atoms with Crippen molar-refractivity contribution in [3.8, 4) is 11.5 Å². The van der Waals surface area contributed by atoms with Crippen molar-refractivity contribution in [2.24, 2.45) is 17.8 Å². The lowest BCUT2D eigenvalue weighted by Gasteiger charge is -2.28. The normalized spacial score (nSPS) is 27.5. The van der Waals surface area contributed by atoms with Gasteiger partial charge in [-0.2, -0.15) is 0 Å². The number of carbonyl (C=O) groups excluding carboxylic acids is 1. The Morgan fingerprint density at radius 2 is 2.05 bits per heavy atom. The van der Waals surface area contributed by atoms with E-state index in [0.29, 0.717) is 17.4 Å². The first-order valence-electron chi connectivity index (χ1n) is 8.22. The van der Waals surface area contributed by atoms with Crippen molar-refractivity contribution in [1.82, 2.24) is 5.32 Å². The molecule has 0 spiro atoms. The van der Waals surface area contributed by atoms with E-state index >= 15 is 0 Å².